The van der Waals surface area contributed by atoms with Crippen LogP contribution in [0.3, 0.4) is 0 Å². The van der Waals surface area contributed by atoms with Crippen LogP contribution in [0.15, 0.2) is 24.7 Å². The molecular formula is C25H29FN4O2S. The average Bonchev–Trinajstić information content (AvgIpc) is 3.36. The number of halogens is 1. The van der Waals surface area contributed by atoms with E-state index in [4.69, 9.17) is 4.74 Å². The van der Waals surface area contributed by atoms with Crippen molar-refractivity contribution in [3.05, 3.63) is 46.6 Å². The van der Waals surface area contributed by atoms with Crippen molar-refractivity contribution in [1.29, 1.82) is 0 Å². The second kappa shape index (κ2) is 9.43. The number of carbonyl (C=O) groups excluding carboxylic acids is 1. The lowest BCUT2D eigenvalue weighted by molar-refractivity contribution is -0.118. The number of aryl methyl sites for hydroxylation is 1. The summed E-state index contributed by atoms with van der Waals surface area (Å²) in [5.41, 5.74) is 1.81. The maximum absolute atomic E-state index is 13.1. The monoisotopic (exact) mass is 468 g/mol. The molecule has 0 radical (unpaired) electrons. The molecule has 3 aromatic heterocycles. The maximum atomic E-state index is 13.1. The molecule has 0 saturated heterocycles. The average molecular weight is 469 g/mol. The predicted octanol–water partition coefficient (Wildman–Crippen LogP) is 4.71. The first kappa shape index (κ1) is 22.3. The van der Waals surface area contributed by atoms with E-state index >= 15 is 0 Å². The van der Waals surface area contributed by atoms with Crippen molar-refractivity contribution >= 4 is 27.3 Å². The van der Waals surface area contributed by atoms with Crippen molar-refractivity contribution in [2.75, 3.05) is 14.1 Å². The zero-order valence-electron chi connectivity index (χ0n) is 19.1. The van der Waals surface area contributed by atoms with Gasteiger partial charge in [-0.25, -0.2) is 14.4 Å². The largest absolute Gasteiger partial charge is 0.474 e. The summed E-state index contributed by atoms with van der Waals surface area (Å²) in [7, 11) is 4.28. The summed E-state index contributed by atoms with van der Waals surface area (Å²) in [5.74, 6) is 0.539. The van der Waals surface area contributed by atoms with Crippen LogP contribution in [-0.2, 0) is 17.6 Å². The fourth-order valence-corrected chi connectivity index (χ4v) is 6.46. The van der Waals surface area contributed by atoms with E-state index in [1.165, 1.54) is 16.5 Å². The van der Waals surface area contributed by atoms with Crippen LogP contribution in [-0.4, -0.2) is 51.9 Å². The molecule has 0 amide bonds. The Morgan fingerprint density at radius 1 is 1.15 bits per heavy atom. The fourth-order valence-electron chi connectivity index (χ4n) is 5.23. The highest BCUT2D eigenvalue weighted by Crippen LogP contribution is 2.47. The van der Waals surface area contributed by atoms with E-state index < -0.39 is 0 Å². The van der Waals surface area contributed by atoms with Gasteiger partial charge in [-0.3, -0.25) is 9.78 Å². The Balaban J connectivity index is 1.33. The van der Waals surface area contributed by atoms with Crippen molar-refractivity contribution in [1.82, 2.24) is 19.9 Å². The van der Waals surface area contributed by atoms with Crippen LogP contribution < -0.4 is 4.74 Å². The highest BCUT2D eigenvalue weighted by molar-refractivity contribution is 7.19. The number of ether oxygens (including phenoxy) is 1. The number of carbonyl (C=O) groups is 1. The van der Waals surface area contributed by atoms with Gasteiger partial charge in [0.05, 0.1) is 11.6 Å². The van der Waals surface area contributed by atoms with Crippen LogP contribution in [0, 0.1) is 5.82 Å². The van der Waals surface area contributed by atoms with E-state index in [1.54, 1.807) is 23.7 Å². The third-order valence-electron chi connectivity index (χ3n) is 6.99. The van der Waals surface area contributed by atoms with Gasteiger partial charge >= 0.3 is 0 Å². The SMILES string of the molecule is CN(C)C1CCC(Oc2ncnc3sc4c(c23)[C@H](CC(=O)Cc2ccc(F)cn2)CC4)CC1. The van der Waals surface area contributed by atoms with Crippen molar-refractivity contribution in [2.24, 2.45) is 0 Å². The Morgan fingerprint density at radius 3 is 2.70 bits per heavy atom. The zero-order valence-corrected chi connectivity index (χ0v) is 19.9. The highest BCUT2D eigenvalue weighted by atomic mass is 32.1. The molecule has 2 aliphatic carbocycles. The highest BCUT2D eigenvalue weighted by Gasteiger charge is 2.32. The number of aromatic nitrogens is 3. The van der Waals surface area contributed by atoms with Crippen LogP contribution in [0.1, 0.15) is 60.6 Å². The molecule has 0 aromatic carbocycles. The molecule has 3 heterocycles. The molecule has 0 unspecified atom stereocenters. The van der Waals surface area contributed by atoms with Crippen molar-refractivity contribution in [3.63, 3.8) is 0 Å². The fraction of sp³-hybridized carbons (Fsp3) is 0.520. The Labute approximate surface area is 197 Å². The molecule has 8 heteroatoms. The summed E-state index contributed by atoms with van der Waals surface area (Å²) >= 11 is 1.70. The number of pyridine rings is 1. The van der Waals surface area contributed by atoms with Gasteiger partial charge in [-0.1, -0.05) is 0 Å². The minimum atomic E-state index is -0.390. The summed E-state index contributed by atoms with van der Waals surface area (Å²) in [6.45, 7) is 0. The lowest BCUT2D eigenvalue weighted by Crippen LogP contribution is -2.35. The van der Waals surface area contributed by atoms with Gasteiger partial charge in [-0.15, -0.1) is 11.3 Å². The Kier molecular flexibility index (Phi) is 6.38. The normalized spacial score (nSPS) is 22.6. The molecule has 3 aromatic rings. The molecule has 0 N–H and O–H groups in total. The number of Topliss-reactive ketones (excluding diaryl/α,β-unsaturated/α-hetero) is 1. The molecule has 33 heavy (non-hydrogen) atoms. The van der Waals surface area contributed by atoms with Crippen molar-refractivity contribution in [3.8, 4) is 5.88 Å². The minimum absolute atomic E-state index is 0.118. The molecule has 1 atom stereocenters. The number of hydrogen-bond acceptors (Lipinski definition) is 7. The van der Waals surface area contributed by atoms with Gasteiger partial charge in [0, 0.05) is 29.5 Å². The van der Waals surface area contributed by atoms with E-state index in [0.717, 1.165) is 54.9 Å². The van der Waals surface area contributed by atoms with Gasteiger partial charge in [0.2, 0.25) is 5.88 Å². The van der Waals surface area contributed by atoms with Gasteiger partial charge < -0.3 is 9.64 Å². The summed E-state index contributed by atoms with van der Waals surface area (Å²) < 4.78 is 19.6. The predicted molar refractivity (Wildman–Crippen MR) is 126 cm³/mol. The molecule has 5 rings (SSSR count). The molecule has 1 fully saturated rings. The van der Waals surface area contributed by atoms with Crippen molar-refractivity contribution in [2.45, 2.75) is 69.4 Å². The van der Waals surface area contributed by atoms with E-state index in [-0.39, 0.29) is 30.0 Å². The van der Waals surface area contributed by atoms with E-state index in [9.17, 15) is 9.18 Å². The first-order valence-electron chi connectivity index (χ1n) is 11.7. The van der Waals surface area contributed by atoms with Crippen LogP contribution in [0.2, 0.25) is 0 Å². The van der Waals surface area contributed by atoms with Crippen LogP contribution in [0.5, 0.6) is 5.88 Å². The molecule has 0 aliphatic heterocycles. The number of hydrogen-bond donors (Lipinski definition) is 0. The number of rotatable bonds is 7. The number of nitrogens with zero attached hydrogens (tertiary/aromatic N) is 4. The van der Waals surface area contributed by atoms with Gasteiger partial charge in [0.25, 0.3) is 0 Å². The van der Waals surface area contributed by atoms with Gasteiger partial charge in [-0.2, -0.15) is 0 Å². The summed E-state index contributed by atoms with van der Waals surface area (Å²) in [4.78, 5) is 30.4. The van der Waals surface area contributed by atoms with Gasteiger partial charge in [-0.05, 0) is 76.2 Å². The Bertz CT molecular complexity index is 1140. The third-order valence-corrected chi connectivity index (χ3v) is 8.16. The zero-order chi connectivity index (χ0) is 22.9. The molecule has 1 saturated carbocycles. The quantitative estimate of drug-likeness (QED) is 0.500. The van der Waals surface area contributed by atoms with E-state index in [2.05, 4.69) is 33.9 Å². The third kappa shape index (κ3) is 4.77. The van der Waals surface area contributed by atoms with E-state index in [0.29, 0.717) is 24.0 Å². The first-order valence-corrected chi connectivity index (χ1v) is 12.5. The topological polar surface area (TPSA) is 68.2 Å². The second-order valence-electron chi connectivity index (χ2n) is 9.43. The van der Waals surface area contributed by atoms with E-state index in [1.807, 2.05) is 0 Å². The summed E-state index contributed by atoms with van der Waals surface area (Å²) in [6, 6.07) is 3.55. The molecule has 0 spiro atoms. The number of ketones is 1. The Hall–Kier alpha value is -2.45. The van der Waals surface area contributed by atoms with Crippen LogP contribution in [0.25, 0.3) is 10.2 Å². The first-order chi connectivity index (χ1) is 16.0. The van der Waals surface area contributed by atoms with Crippen LogP contribution in [0.4, 0.5) is 4.39 Å². The van der Waals surface area contributed by atoms with Gasteiger partial charge in [0.1, 0.15) is 28.9 Å². The summed E-state index contributed by atoms with van der Waals surface area (Å²) in [6.07, 6.45) is 9.79. The standard InChI is InChI=1S/C25H29FN4O2S/c1-30(2)18-6-8-20(9-7-18)32-24-23-22-15(3-10-21(22)33-25(23)29-14-28-24)11-19(31)12-17-5-4-16(26)13-27-17/h4-5,13-15,18,20H,3,6-12H2,1-2H3/t15-,18?,20?/m0/s1. The maximum Gasteiger partial charge on any atom is 0.225 e. The molecular weight excluding hydrogens is 439 g/mol. The molecule has 6 nitrogen and oxygen atoms in total. The molecule has 174 valence electrons. The second-order valence-corrected chi connectivity index (χ2v) is 10.5. The number of thiophene rings is 1. The molecule has 0 bridgehead atoms. The summed E-state index contributed by atoms with van der Waals surface area (Å²) in [5, 5.41) is 1.00. The minimum Gasteiger partial charge on any atom is -0.474 e. The smallest absolute Gasteiger partial charge is 0.225 e. The lowest BCUT2D eigenvalue weighted by atomic mass is 9.92. The van der Waals surface area contributed by atoms with Crippen LogP contribution >= 0.6 is 11.3 Å². The Morgan fingerprint density at radius 2 is 1.97 bits per heavy atom. The van der Waals surface area contributed by atoms with Crippen molar-refractivity contribution < 1.29 is 13.9 Å². The van der Waals surface area contributed by atoms with Gasteiger partial charge in [0.15, 0.2) is 0 Å². The molecule has 2 aliphatic rings. The lowest BCUT2D eigenvalue weighted by Gasteiger charge is -2.32. The number of fused-ring (bicyclic) bond motifs is 3.